The first kappa shape index (κ1) is 21.1. The van der Waals surface area contributed by atoms with Crippen molar-refractivity contribution in [1.29, 1.82) is 0 Å². The maximum atomic E-state index is 13.0. The van der Waals surface area contributed by atoms with E-state index in [0.717, 1.165) is 16.2 Å². The number of thioether (sulfide) groups is 1. The van der Waals surface area contributed by atoms with E-state index < -0.39 is 0 Å². The van der Waals surface area contributed by atoms with Gasteiger partial charge in [0.25, 0.3) is 5.91 Å². The minimum absolute atomic E-state index is 0.0569. The molecule has 0 atom stereocenters. The van der Waals surface area contributed by atoms with Gasteiger partial charge in [0.1, 0.15) is 17.3 Å². The minimum Gasteiger partial charge on any atom is -0.507 e. The smallest absolute Gasteiger partial charge is 0.267 e. The van der Waals surface area contributed by atoms with E-state index in [2.05, 4.69) is 26.1 Å². The number of amides is 1. The van der Waals surface area contributed by atoms with Crippen molar-refractivity contribution in [2.45, 2.75) is 6.54 Å². The molecule has 1 aliphatic heterocycles. The molecule has 2 heterocycles. The Kier molecular flexibility index (Phi) is 6.34. The van der Waals surface area contributed by atoms with Crippen LogP contribution in [-0.2, 0) is 11.3 Å². The van der Waals surface area contributed by atoms with Crippen LogP contribution in [0.4, 0.5) is 4.39 Å². The van der Waals surface area contributed by atoms with Crippen LogP contribution in [0.25, 0.3) is 6.08 Å². The van der Waals surface area contributed by atoms with Gasteiger partial charge in [-0.2, -0.15) is 5.10 Å². The number of amidine groups is 1. The maximum Gasteiger partial charge on any atom is 0.267 e. The number of rotatable bonds is 5. The Labute approximate surface area is 189 Å². The second kappa shape index (κ2) is 9.32. The van der Waals surface area contributed by atoms with Gasteiger partial charge in [-0.05, 0) is 65.9 Å². The molecule has 0 saturated carbocycles. The first-order valence-corrected chi connectivity index (χ1v) is 10.7. The lowest BCUT2D eigenvalue weighted by molar-refractivity contribution is -0.122. The molecule has 1 N–H and O–H groups in total. The van der Waals surface area contributed by atoms with E-state index in [9.17, 15) is 14.3 Å². The zero-order valence-corrected chi connectivity index (χ0v) is 18.3. The highest BCUT2D eigenvalue weighted by Gasteiger charge is 2.34. The molecule has 1 aliphatic rings. The zero-order chi connectivity index (χ0) is 21.8. The fourth-order valence-corrected chi connectivity index (χ4v) is 4.06. The van der Waals surface area contributed by atoms with Gasteiger partial charge in [-0.1, -0.05) is 28.1 Å². The first-order valence-electron chi connectivity index (χ1n) is 9.08. The van der Waals surface area contributed by atoms with Crippen LogP contribution >= 0.6 is 27.7 Å². The van der Waals surface area contributed by atoms with Crippen LogP contribution in [-0.4, -0.2) is 27.3 Å². The lowest BCUT2D eigenvalue weighted by Crippen LogP contribution is -2.28. The van der Waals surface area contributed by atoms with Crippen molar-refractivity contribution >= 4 is 51.1 Å². The standard InChI is InChI=1S/C22H15BrFN3O3S/c23-16-5-8-19(28)15(10-16)11-20-21(29)27(13-18-2-1-9-30-18)22(31-20)26-25-12-14-3-6-17(24)7-4-14/h1-12,28H,13H2/b20-11-,25-12-,26-22+. The summed E-state index contributed by atoms with van der Waals surface area (Å²) < 4.78 is 19.2. The maximum absolute atomic E-state index is 13.0. The molecule has 0 aliphatic carbocycles. The normalized spacial score (nSPS) is 16.8. The molecule has 0 bridgehead atoms. The molecule has 4 rings (SSSR count). The number of furan rings is 1. The number of nitrogens with zero attached hydrogens (tertiary/aromatic N) is 3. The Morgan fingerprint density at radius 2 is 2.00 bits per heavy atom. The van der Waals surface area contributed by atoms with Gasteiger partial charge in [0.2, 0.25) is 0 Å². The summed E-state index contributed by atoms with van der Waals surface area (Å²) in [4.78, 5) is 14.9. The average Bonchev–Trinajstić information content (AvgIpc) is 3.36. The van der Waals surface area contributed by atoms with Crippen molar-refractivity contribution in [3.8, 4) is 5.75 Å². The highest BCUT2D eigenvalue weighted by Crippen LogP contribution is 2.35. The van der Waals surface area contributed by atoms with Gasteiger partial charge in [0, 0.05) is 10.0 Å². The van der Waals surface area contributed by atoms with Gasteiger partial charge in [-0.25, -0.2) is 4.39 Å². The summed E-state index contributed by atoms with van der Waals surface area (Å²) in [6, 6.07) is 14.3. The molecule has 156 valence electrons. The number of benzene rings is 2. The number of phenolic OH excluding ortho intramolecular Hbond substituents is 1. The topological polar surface area (TPSA) is 78.4 Å². The number of phenols is 1. The Balaban J connectivity index is 1.64. The Morgan fingerprint density at radius 1 is 1.19 bits per heavy atom. The Bertz CT molecular complexity index is 1190. The summed E-state index contributed by atoms with van der Waals surface area (Å²) >= 11 is 4.51. The quantitative estimate of drug-likeness (QED) is 0.289. The van der Waals surface area contributed by atoms with Crippen LogP contribution in [0.2, 0.25) is 0 Å². The van der Waals surface area contributed by atoms with Gasteiger partial charge in [0.05, 0.1) is 23.9 Å². The summed E-state index contributed by atoms with van der Waals surface area (Å²) in [6.07, 6.45) is 4.61. The molecule has 1 aromatic heterocycles. The van der Waals surface area contributed by atoms with Gasteiger partial charge in [-0.3, -0.25) is 9.69 Å². The second-order valence-electron chi connectivity index (χ2n) is 6.46. The molecule has 1 saturated heterocycles. The molecule has 6 nitrogen and oxygen atoms in total. The fraction of sp³-hybridized carbons (Fsp3) is 0.0455. The first-order chi connectivity index (χ1) is 15.0. The Hall–Kier alpha value is -3.17. The number of carbonyl (C=O) groups is 1. The summed E-state index contributed by atoms with van der Waals surface area (Å²) in [7, 11) is 0. The number of hydrogen-bond donors (Lipinski definition) is 1. The van der Waals surface area contributed by atoms with Crippen LogP contribution in [0.15, 0.2) is 84.9 Å². The molecule has 0 spiro atoms. The SMILES string of the molecule is O=C1/C(=C/c2cc(Br)ccc2O)S/C(=N/N=C\c2ccc(F)cc2)N1Cc1ccco1. The number of aromatic hydroxyl groups is 1. The van der Waals surface area contributed by atoms with Gasteiger partial charge < -0.3 is 9.52 Å². The van der Waals surface area contributed by atoms with Gasteiger partial charge in [-0.15, -0.1) is 5.10 Å². The van der Waals surface area contributed by atoms with Crippen molar-refractivity contribution in [2.24, 2.45) is 10.2 Å². The van der Waals surface area contributed by atoms with E-state index in [-0.39, 0.29) is 24.0 Å². The van der Waals surface area contributed by atoms with E-state index in [0.29, 0.717) is 27.0 Å². The summed E-state index contributed by atoms with van der Waals surface area (Å²) in [5, 5.41) is 18.7. The lowest BCUT2D eigenvalue weighted by atomic mass is 10.2. The zero-order valence-electron chi connectivity index (χ0n) is 15.9. The van der Waals surface area contributed by atoms with Gasteiger partial charge in [0.15, 0.2) is 5.17 Å². The Morgan fingerprint density at radius 3 is 2.74 bits per heavy atom. The minimum atomic E-state index is -0.337. The molecule has 2 aromatic carbocycles. The summed E-state index contributed by atoms with van der Waals surface area (Å²) in [5.41, 5.74) is 1.17. The molecular formula is C22H15BrFN3O3S. The van der Waals surface area contributed by atoms with E-state index in [1.165, 1.54) is 29.5 Å². The van der Waals surface area contributed by atoms with Crippen molar-refractivity contribution in [2.75, 3.05) is 0 Å². The number of halogens is 2. The van der Waals surface area contributed by atoms with E-state index in [1.807, 2.05) is 0 Å². The highest BCUT2D eigenvalue weighted by molar-refractivity contribution is 9.10. The second-order valence-corrected chi connectivity index (χ2v) is 8.39. The molecule has 0 unspecified atom stereocenters. The lowest BCUT2D eigenvalue weighted by Gasteiger charge is -2.12. The highest BCUT2D eigenvalue weighted by atomic mass is 79.9. The van der Waals surface area contributed by atoms with E-state index in [1.54, 1.807) is 48.5 Å². The van der Waals surface area contributed by atoms with Crippen molar-refractivity contribution in [1.82, 2.24) is 4.90 Å². The van der Waals surface area contributed by atoms with Crippen LogP contribution < -0.4 is 0 Å². The summed E-state index contributed by atoms with van der Waals surface area (Å²) in [6.45, 7) is 0.186. The fourth-order valence-electron chi connectivity index (χ4n) is 2.76. The molecular weight excluding hydrogens is 485 g/mol. The van der Waals surface area contributed by atoms with Crippen molar-refractivity contribution < 1.29 is 18.7 Å². The van der Waals surface area contributed by atoms with Crippen LogP contribution in [0.1, 0.15) is 16.9 Å². The van der Waals surface area contributed by atoms with Crippen molar-refractivity contribution in [3.63, 3.8) is 0 Å². The predicted octanol–water partition coefficient (Wildman–Crippen LogP) is 5.39. The molecule has 9 heteroatoms. The molecule has 1 amide bonds. The molecule has 0 radical (unpaired) electrons. The molecule has 3 aromatic rings. The predicted molar refractivity (Wildman–Crippen MR) is 122 cm³/mol. The third-order valence-electron chi connectivity index (χ3n) is 4.28. The number of hydrogen-bond acceptors (Lipinski definition) is 6. The molecule has 31 heavy (non-hydrogen) atoms. The van der Waals surface area contributed by atoms with Crippen LogP contribution in [0.5, 0.6) is 5.75 Å². The monoisotopic (exact) mass is 499 g/mol. The third-order valence-corrected chi connectivity index (χ3v) is 5.77. The van der Waals surface area contributed by atoms with Crippen LogP contribution in [0.3, 0.4) is 0 Å². The largest absolute Gasteiger partial charge is 0.507 e. The van der Waals surface area contributed by atoms with Crippen molar-refractivity contribution in [3.05, 3.63) is 92.9 Å². The third kappa shape index (κ3) is 5.12. The van der Waals surface area contributed by atoms with Crippen LogP contribution in [0, 0.1) is 5.82 Å². The van der Waals surface area contributed by atoms with E-state index >= 15 is 0 Å². The molecule has 1 fully saturated rings. The van der Waals surface area contributed by atoms with E-state index in [4.69, 9.17) is 4.42 Å². The average molecular weight is 500 g/mol. The summed E-state index contributed by atoms with van der Waals surface area (Å²) in [5.74, 6) is 0.0317. The van der Waals surface area contributed by atoms with Gasteiger partial charge >= 0.3 is 0 Å². The number of carbonyl (C=O) groups excluding carboxylic acids is 1.